The van der Waals surface area contributed by atoms with Gasteiger partial charge in [-0.2, -0.15) is 0 Å². The smallest absolute Gasteiger partial charge is 0.0249 e. The molecular formula is C15H29N3. The van der Waals surface area contributed by atoms with Gasteiger partial charge in [0.15, 0.2) is 0 Å². The van der Waals surface area contributed by atoms with Crippen LogP contribution in [0.5, 0.6) is 0 Å². The van der Waals surface area contributed by atoms with Crippen LogP contribution in [-0.4, -0.2) is 61.2 Å². The van der Waals surface area contributed by atoms with Gasteiger partial charge >= 0.3 is 0 Å². The molecule has 0 saturated carbocycles. The van der Waals surface area contributed by atoms with Crippen LogP contribution < -0.4 is 5.32 Å². The van der Waals surface area contributed by atoms with Gasteiger partial charge in [0.05, 0.1) is 0 Å². The number of nitrogens with one attached hydrogen (secondary N) is 1. The molecule has 104 valence electrons. The Morgan fingerprint density at radius 2 is 1.78 bits per heavy atom. The minimum Gasteiger partial charge on any atom is -0.310 e. The summed E-state index contributed by atoms with van der Waals surface area (Å²) in [6.45, 7) is 5.27. The monoisotopic (exact) mass is 251 g/mol. The maximum Gasteiger partial charge on any atom is 0.0249 e. The van der Waals surface area contributed by atoms with Crippen molar-refractivity contribution in [1.29, 1.82) is 0 Å². The largest absolute Gasteiger partial charge is 0.310 e. The molecule has 0 bridgehead atoms. The molecule has 3 unspecified atom stereocenters. The molecule has 3 aliphatic rings. The van der Waals surface area contributed by atoms with Crippen molar-refractivity contribution >= 4 is 0 Å². The van der Waals surface area contributed by atoms with Crippen molar-refractivity contribution in [3.8, 4) is 0 Å². The van der Waals surface area contributed by atoms with Crippen LogP contribution in [-0.2, 0) is 0 Å². The zero-order valence-electron chi connectivity index (χ0n) is 11.9. The second-order valence-electron chi connectivity index (χ2n) is 6.59. The van der Waals surface area contributed by atoms with Crippen LogP contribution in [0.2, 0.25) is 0 Å². The van der Waals surface area contributed by atoms with E-state index in [1.165, 1.54) is 71.1 Å². The van der Waals surface area contributed by atoms with Crippen LogP contribution >= 0.6 is 0 Å². The Balaban J connectivity index is 1.52. The lowest BCUT2D eigenvalue weighted by molar-refractivity contribution is 0.175. The molecule has 3 atom stereocenters. The minimum atomic E-state index is 0.779. The molecule has 3 fully saturated rings. The molecule has 3 heterocycles. The summed E-state index contributed by atoms with van der Waals surface area (Å²) in [5.41, 5.74) is 0. The summed E-state index contributed by atoms with van der Waals surface area (Å²) in [6, 6.07) is 2.43. The molecule has 18 heavy (non-hydrogen) atoms. The van der Waals surface area contributed by atoms with Crippen LogP contribution in [0.3, 0.4) is 0 Å². The topological polar surface area (TPSA) is 18.5 Å². The molecule has 3 rings (SSSR count). The molecule has 3 nitrogen and oxygen atoms in total. The highest BCUT2D eigenvalue weighted by Gasteiger charge is 2.36. The molecule has 3 heteroatoms. The van der Waals surface area contributed by atoms with Gasteiger partial charge in [0.1, 0.15) is 0 Å². The Labute approximate surface area is 112 Å². The summed E-state index contributed by atoms with van der Waals surface area (Å²) in [6.07, 6.45) is 9.80. The first-order valence-electron chi connectivity index (χ1n) is 8.01. The van der Waals surface area contributed by atoms with Gasteiger partial charge in [0.25, 0.3) is 0 Å². The predicted octanol–water partition coefficient (Wildman–Crippen LogP) is 1.69. The average molecular weight is 251 g/mol. The normalized spacial score (nSPS) is 39.5. The Kier molecular flexibility index (Phi) is 4.22. The van der Waals surface area contributed by atoms with E-state index >= 15 is 0 Å². The Morgan fingerprint density at radius 1 is 0.833 bits per heavy atom. The van der Waals surface area contributed by atoms with Crippen molar-refractivity contribution in [2.45, 2.75) is 63.1 Å². The molecule has 0 aromatic carbocycles. The first kappa shape index (κ1) is 12.9. The summed E-state index contributed by atoms with van der Waals surface area (Å²) >= 11 is 0. The van der Waals surface area contributed by atoms with Gasteiger partial charge in [-0.05, 0) is 65.2 Å². The van der Waals surface area contributed by atoms with Crippen LogP contribution in [0.1, 0.15) is 44.9 Å². The average Bonchev–Trinajstić information content (AvgIpc) is 2.67. The molecule has 0 radical (unpaired) electrons. The maximum atomic E-state index is 4.01. The lowest BCUT2D eigenvalue weighted by atomic mass is 9.97. The van der Waals surface area contributed by atoms with E-state index < -0.39 is 0 Å². The van der Waals surface area contributed by atoms with Gasteiger partial charge in [-0.15, -0.1) is 0 Å². The summed E-state index contributed by atoms with van der Waals surface area (Å²) in [5.74, 6) is 0. The van der Waals surface area contributed by atoms with Crippen LogP contribution in [0.4, 0.5) is 0 Å². The molecular weight excluding hydrogens is 222 g/mol. The van der Waals surface area contributed by atoms with E-state index in [4.69, 9.17) is 0 Å². The number of hydrogen-bond donors (Lipinski definition) is 1. The second-order valence-corrected chi connectivity index (χ2v) is 6.59. The maximum absolute atomic E-state index is 4.01. The number of rotatable bonds is 2. The molecule has 1 N–H and O–H groups in total. The van der Waals surface area contributed by atoms with E-state index in [9.17, 15) is 0 Å². The summed E-state index contributed by atoms with van der Waals surface area (Å²) in [7, 11) is 2.26. The van der Waals surface area contributed by atoms with Crippen LogP contribution in [0.15, 0.2) is 0 Å². The van der Waals surface area contributed by atoms with Crippen molar-refractivity contribution in [3.05, 3.63) is 0 Å². The lowest BCUT2D eigenvalue weighted by Crippen LogP contribution is -2.48. The predicted molar refractivity (Wildman–Crippen MR) is 75.9 cm³/mol. The number of piperidine rings is 1. The van der Waals surface area contributed by atoms with Crippen molar-refractivity contribution in [3.63, 3.8) is 0 Å². The van der Waals surface area contributed by atoms with Gasteiger partial charge in [0, 0.05) is 24.7 Å². The fourth-order valence-electron chi connectivity index (χ4n) is 4.15. The Bertz CT molecular complexity index is 268. The molecule has 0 amide bonds. The number of fused-ring (bicyclic) bond motifs is 1. The van der Waals surface area contributed by atoms with Gasteiger partial charge in [0.2, 0.25) is 0 Å². The molecule has 0 aliphatic carbocycles. The Hall–Kier alpha value is -0.120. The molecule has 3 saturated heterocycles. The third kappa shape index (κ3) is 2.89. The zero-order chi connectivity index (χ0) is 12.4. The van der Waals surface area contributed by atoms with E-state index in [0.717, 1.165) is 18.1 Å². The standard InChI is InChI=1S/C15H29N3/c1-17-9-4-5-13(7-11-17)16-14-8-12-18-10-3-2-6-15(14)18/h13-16H,2-12H2,1H3. The lowest BCUT2D eigenvalue weighted by Gasteiger charge is -2.34. The highest BCUT2D eigenvalue weighted by molar-refractivity contribution is 4.95. The number of nitrogens with zero attached hydrogens (tertiary/aromatic N) is 2. The van der Waals surface area contributed by atoms with E-state index in [1.54, 1.807) is 0 Å². The second kappa shape index (κ2) is 5.89. The molecule has 0 spiro atoms. The fraction of sp³-hybridized carbons (Fsp3) is 1.00. The fourth-order valence-corrected chi connectivity index (χ4v) is 4.15. The molecule has 0 aromatic rings. The van der Waals surface area contributed by atoms with E-state index in [1.807, 2.05) is 0 Å². The third-order valence-corrected chi connectivity index (χ3v) is 5.26. The van der Waals surface area contributed by atoms with Crippen molar-refractivity contribution in [2.75, 3.05) is 33.2 Å². The first-order chi connectivity index (χ1) is 8.83. The minimum absolute atomic E-state index is 0.779. The number of hydrogen-bond acceptors (Lipinski definition) is 3. The highest BCUT2D eigenvalue weighted by Crippen LogP contribution is 2.28. The van der Waals surface area contributed by atoms with E-state index in [0.29, 0.717) is 0 Å². The van der Waals surface area contributed by atoms with E-state index in [-0.39, 0.29) is 0 Å². The first-order valence-corrected chi connectivity index (χ1v) is 8.01. The van der Waals surface area contributed by atoms with Gasteiger partial charge < -0.3 is 10.2 Å². The van der Waals surface area contributed by atoms with Gasteiger partial charge in [-0.25, -0.2) is 0 Å². The molecule has 3 aliphatic heterocycles. The van der Waals surface area contributed by atoms with Crippen molar-refractivity contribution in [1.82, 2.24) is 15.1 Å². The highest BCUT2D eigenvalue weighted by atomic mass is 15.2. The summed E-state index contributed by atoms with van der Waals surface area (Å²) in [5, 5.41) is 4.01. The third-order valence-electron chi connectivity index (χ3n) is 5.26. The summed E-state index contributed by atoms with van der Waals surface area (Å²) in [4.78, 5) is 5.23. The van der Waals surface area contributed by atoms with Crippen molar-refractivity contribution < 1.29 is 0 Å². The number of likely N-dealkylation sites (tertiary alicyclic amines) is 1. The van der Waals surface area contributed by atoms with Crippen molar-refractivity contribution in [2.24, 2.45) is 0 Å². The SMILES string of the molecule is CN1CCCC(NC2CCN3CCCCC23)CC1. The summed E-state index contributed by atoms with van der Waals surface area (Å²) < 4.78 is 0. The molecule has 0 aromatic heterocycles. The zero-order valence-corrected chi connectivity index (χ0v) is 11.9. The van der Waals surface area contributed by atoms with Crippen LogP contribution in [0.25, 0.3) is 0 Å². The van der Waals surface area contributed by atoms with Gasteiger partial charge in [-0.1, -0.05) is 6.42 Å². The van der Waals surface area contributed by atoms with Crippen LogP contribution in [0, 0.1) is 0 Å². The van der Waals surface area contributed by atoms with Gasteiger partial charge in [-0.3, -0.25) is 4.90 Å². The quantitative estimate of drug-likeness (QED) is 0.806. The Morgan fingerprint density at radius 3 is 2.72 bits per heavy atom. The van der Waals surface area contributed by atoms with E-state index in [2.05, 4.69) is 22.2 Å².